The predicted molar refractivity (Wildman–Crippen MR) is 70.5 cm³/mol. The van der Waals surface area contributed by atoms with Crippen molar-refractivity contribution in [2.75, 3.05) is 0 Å². The first-order valence-corrected chi connectivity index (χ1v) is 8.21. The van der Waals surface area contributed by atoms with Crippen LogP contribution in [0.2, 0.25) is 0 Å². The number of rotatable bonds is 6. The first-order valence-electron chi connectivity index (χ1n) is 6.24. The molecule has 6 heteroatoms. The van der Waals surface area contributed by atoms with Gasteiger partial charge in [0, 0.05) is 24.3 Å². The van der Waals surface area contributed by atoms with Crippen LogP contribution in [-0.2, 0) is 14.9 Å². The number of halogens is 2. The van der Waals surface area contributed by atoms with Gasteiger partial charge in [0.05, 0.1) is 0 Å². The highest BCUT2D eigenvalue weighted by Crippen LogP contribution is 2.19. The molecule has 0 atom stereocenters. The summed E-state index contributed by atoms with van der Waals surface area (Å²) in [6, 6.07) is 3.17. The third kappa shape index (κ3) is 5.36. The maximum absolute atomic E-state index is 13.6. The number of hydrogen-bond donors (Lipinski definition) is 1. The van der Waals surface area contributed by atoms with Crippen molar-refractivity contribution < 1.29 is 22.4 Å². The van der Waals surface area contributed by atoms with Crippen LogP contribution >= 0.6 is 0 Å². The zero-order valence-corrected chi connectivity index (χ0v) is 12.6. The first-order chi connectivity index (χ1) is 8.72. The fraction of sp³-hybridized carbons (Fsp3) is 0.538. The fourth-order valence-corrected chi connectivity index (χ4v) is 4.22. The molecule has 1 aromatic rings. The lowest BCUT2D eigenvalue weighted by Crippen LogP contribution is -2.49. The lowest BCUT2D eigenvalue weighted by Gasteiger charge is -2.28. The largest absolute Gasteiger partial charge is 0.503 e. The Balaban J connectivity index is 2.93. The fourth-order valence-electron chi connectivity index (χ4n) is 1.75. The van der Waals surface area contributed by atoms with E-state index in [0.717, 1.165) is 12.1 Å². The summed E-state index contributed by atoms with van der Waals surface area (Å²) in [5.74, 6) is -1.35. The standard InChI is InChI=1S/C13H20F2O3Si/c1-9(2)17-19(16,18-10(3)4)8-11-5-6-12(14)7-13(11)15/h5-7,9-10,16H,8H2,1-4H3. The van der Waals surface area contributed by atoms with Crippen molar-refractivity contribution in [3.63, 3.8) is 0 Å². The molecule has 1 aromatic carbocycles. The van der Waals surface area contributed by atoms with E-state index in [1.54, 1.807) is 27.7 Å². The van der Waals surface area contributed by atoms with E-state index in [1.165, 1.54) is 6.07 Å². The molecule has 0 spiro atoms. The van der Waals surface area contributed by atoms with E-state index < -0.39 is 20.4 Å². The number of hydrogen-bond acceptors (Lipinski definition) is 3. The molecule has 0 saturated carbocycles. The van der Waals surface area contributed by atoms with Crippen molar-refractivity contribution in [1.82, 2.24) is 0 Å². The second-order valence-corrected chi connectivity index (χ2v) is 7.21. The molecule has 0 unspecified atom stereocenters. The van der Waals surface area contributed by atoms with Crippen molar-refractivity contribution >= 4 is 8.80 Å². The second-order valence-electron chi connectivity index (χ2n) is 4.96. The predicted octanol–water partition coefficient (Wildman–Crippen LogP) is 2.83. The normalized spacial score (nSPS) is 12.5. The van der Waals surface area contributed by atoms with Crippen LogP contribution in [0.4, 0.5) is 8.78 Å². The van der Waals surface area contributed by atoms with Crippen LogP contribution in [0.15, 0.2) is 18.2 Å². The molecule has 0 fully saturated rings. The Hall–Kier alpha value is -0.823. The molecule has 0 aliphatic heterocycles. The van der Waals surface area contributed by atoms with E-state index in [0.29, 0.717) is 0 Å². The maximum atomic E-state index is 13.6. The van der Waals surface area contributed by atoms with Gasteiger partial charge in [-0.1, -0.05) is 6.07 Å². The quantitative estimate of drug-likeness (QED) is 0.819. The molecule has 0 radical (unpaired) electrons. The van der Waals surface area contributed by atoms with Crippen LogP contribution in [0.25, 0.3) is 0 Å². The number of benzene rings is 1. The summed E-state index contributed by atoms with van der Waals surface area (Å²) in [6.45, 7) is 7.07. The third-order valence-electron chi connectivity index (χ3n) is 2.27. The molecule has 0 saturated heterocycles. The van der Waals surface area contributed by atoms with Crippen LogP contribution in [0.1, 0.15) is 33.3 Å². The van der Waals surface area contributed by atoms with Gasteiger partial charge in [-0.25, -0.2) is 8.78 Å². The van der Waals surface area contributed by atoms with E-state index in [9.17, 15) is 13.6 Å². The van der Waals surface area contributed by atoms with Crippen molar-refractivity contribution in [3.05, 3.63) is 35.4 Å². The zero-order chi connectivity index (χ0) is 14.6. The maximum Gasteiger partial charge on any atom is 0.503 e. The van der Waals surface area contributed by atoms with Gasteiger partial charge >= 0.3 is 8.80 Å². The van der Waals surface area contributed by atoms with Gasteiger partial charge in [0.1, 0.15) is 11.6 Å². The SMILES string of the molecule is CC(C)O[Si](O)(Cc1ccc(F)cc1F)OC(C)C. The van der Waals surface area contributed by atoms with Crippen LogP contribution in [-0.4, -0.2) is 25.8 Å². The van der Waals surface area contributed by atoms with E-state index in [2.05, 4.69) is 0 Å². The Morgan fingerprint density at radius 1 is 1.11 bits per heavy atom. The van der Waals surface area contributed by atoms with E-state index in [4.69, 9.17) is 8.85 Å². The van der Waals surface area contributed by atoms with E-state index >= 15 is 0 Å². The van der Waals surface area contributed by atoms with Crippen molar-refractivity contribution in [2.24, 2.45) is 0 Å². The van der Waals surface area contributed by atoms with Crippen LogP contribution in [0.3, 0.4) is 0 Å². The minimum absolute atomic E-state index is 0.0739. The minimum Gasteiger partial charge on any atom is -0.389 e. The highest BCUT2D eigenvalue weighted by atomic mass is 28.4. The van der Waals surface area contributed by atoms with Gasteiger partial charge < -0.3 is 13.6 Å². The van der Waals surface area contributed by atoms with Crippen LogP contribution < -0.4 is 0 Å². The highest BCUT2D eigenvalue weighted by Gasteiger charge is 2.40. The molecule has 108 valence electrons. The molecule has 0 aliphatic carbocycles. The van der Waals surface area contributed by atoms with Gasteiger partial charge in [-0.3, -0.25) is 0 Å². The molecular weight excluding hydrogens is 270 g/mol. The smallest absolute Gasteiger partial charge is 0.389 e. The molecule has 19 heavy (non-hydrogen) atoms. The summed E-state index contributed by atoms with van der Waals surface area (Å²) in [6.07, 6.45) is -0.474. The minimum atomic E-state index is -3.53. The zero-order valence-electron chi connectivity index (χ0n) is 11.6. The summed E-state index contributed by atoms with van der Waals surface area (Å²) < 4.78 is 37.4. The Bertz CT molecular complexity index is 414. The summed E-state index contributed by atoms with van der Waals surface area (Å²) in [5.41, 5.74) is 0.192. The van der Waals surface area contributed by atoms with Crippen molar-refractivity contribution in [2.45, 2.75) is 45.9 Å². The highest BCUT2D eigenvalue weighted by molar-refractivity contribution is 6.58. The lowest BCUT2D eigenvalue weighted by atomic mass is 10.2. The van der Waals surface area contributed by atoms with E-state index in [1.807, 2.05) is 0 Å². The van der Waals surface area contributed by atoms with Gasteiger partial charge in [0.2, 0.25) is 0 Å². The molecular formula is C13H20F2O3Si. The molecule has 0 aromatic heterocycles. The molecule has 3 nitrogen and oxygen atoms in total. The third-order valence-corrected chi connectivity index (χ3v) is 4.78. The molecule has 0 aliphatic rings. The Labute approximate surface area is 113 Å². The Kier molecular flexibility index (Phi) is 5.60. The summed E-state index contributed by atoms with van der Waals surface area (Å²) in [7, 11) is -3.53. The Morgan fingerprint density at radius 2 is 1.63 bits per heavy atom. The average Bonchev–Trinajstić information content (AvgIpc) is 2.19. The Morgan fingerprint density at radius 3 is 2.05 bits per heavy atom. The van der Waals surface area contributed by atoms with Gasteiger partial charge in [0.25, 0.3) is 0 Å². The first kappa shape index (κ1) is 16.2. The van der Waals surface area contributed by atoms with Crippen molar-refractivity contribution in [1.29, 1.82) is 0 Å². The van der Waals surface area contributed by atoms with E-state index in [-0.39, 0.29) is 23.8 Å². The van der Waals surface area contributed by atoms with Gasteiger partial charge in [-0.15, -0.1) is 0 Å². The van der Waals surface area contributed by atoms with Gasteiger partial charge in [-0.05, 0) is 39.3 Å². The van der Waals surface area contributed by atoms with Gasteiger partial charge in [0.15, 0.2) is 0 Å². The molecule has 0 heterocycles. The summed E-state index contributed by atoms with van der Waals surface area (Å²) in [5, 5.41) is 0. The summed E-state index contributed by atoms with van der Waals surface area (Å²) >= 11 is 0. The summed E-state index contributed by atoms with van der Waals surface area (Å²) in [4.78, 5) is 10.4. The average molecular weight is 290 g/mol. The lowest BCUT2D eigenvalue weighted by molar-refractivity contribution is 0.0467. The molecule has 1 N–H and O–H groups in total. The van der Waals surface area contributed by atoms with Crippen molar-refractivity contribution in [3.8, 4) is 0 Å². The van der Waals surface area contributed by atoms with Crippen LogP contribution in [0.5, 0.6) is 0 Å². The topological polar surface area (TPSA) is 38.7 Å². The molecule has 0 amide bonds. The monoisotopic (exact) mass is 290 g/mol. The van der Waals surface area contributed by atoms with Gasteiger partial charge in [-0.2, -0.15) is 0 Å². The molecule has 0 bridgehead atoms. The van der Waals surface area contributed by atoms with Crippen LogP contribution in [0, 0.1) is 11.6 Å². The second kappa shape index (κ2) is 6.56. The molecule has 1 rings (SSSR count).